The number of nitrogens with one attached hydrogen (secondary N) is 2. The molecule has 3 bridgehead atoms. The second-order valence-electron chi connectivity index (χ2n) is 15.3. The Kier molecular flexibility index (Phi) is 11.4. The fourth-order valence-electron chi connectivity index (χ4n) is 8.67. The molecule has 2 aliphatic carbocycles. The van der Waals surface area contributed by atoms with Crippen molar-refractivity contribution in [2.24, 2.45) is 11.8 Å². The van der Waals surface area contributed by atoms with E-state index in [-0.39, 0.29) is 43.4 Å². The smallest absolute Gasteiger partial charge is 0.408 e. The number of methoxy groups -OCH3 is 1. The fourth-order valence-corrected chi connectivity index (χ4v) is 8.67. The summed E-state index contributed by atoms with van der Waals surface area (Å²) in [6, 6.07) is 3.70. The third-order valence-corrected chi connectivity index (χ3v) is 11.7. The van der Waals surface area contributed by atoms with E-state index in [1.807, 2.05) is 24.3 Å². The van der Waals surface area contributed by atoms with Crippen molar-refractivity contribution in [1.29, 1.82) is 0 Å². The predicted molar refractivity (Wildman–Crippen MR) is 195 cm³/mol. The van der Waals surface area contributed by atoms with Gasteiger partial charge in [-0.3, -0.25) is 9.59 Å². The summed E-state index contributed by atoms with van der Waals surface area (Å²) >= 11 is 0. The van der Waals surface area contributed by atoms with Crippen LogP contribution in [-0.4, -0.2) is 88.8 Å². The van der Waals surface area contributed by atoms with Gasteiger partial charge in [-0.25, -0.2) is 19.6 Å². The van der Waals surface area contributed by atoms with Gasteiger partial charge in [0.2, 0.25) is 17.7 Å². The maximum atomic E-state index is 14.6. The minimum atomic E-state index is -1.20. The molecule has 13 heteroatoms. The van der Waals surface area contributed by atoms with E-state index >= 15 is 0 Å². The SMILES string of the molecule is CCOC(=O)[C@@]12CC1/C=C\CCCCC[C@@H]1NC(=O)O[C@@H]3CCC[C@H]3CCCCCc3nc4ccc(OC)cc4nc3O[C@@H]3C[C@@H](C(=O)N2)N(C3)C1=O. The van der Waals surface area contributed by atoms with Gasteiger partial charge in [0.15, 0.2) is 0 Å². The minimum Gasteiger partial charge on any atom is -0.497 e. The number of carbonyl (C=O) groups excluding carboxylic acids is 4. The van der Waals surface area contributed by atoms with Crippen LogP contribution in [0.15, 0.2) is 30.4 Å². The van der Waals surface area contributed by atoms with Gasteiger partial charge in [0.25, 0.3) is 0 Å². The van der Waals surface area contributed by atoms with E-state index in [9.17, 15) is 19.2 Å². The first-order chi connectivity index (χ1) is 25.8. The number of rotatable bonds is 3. The molecule has 53 heavy (non-hydrogen) atoms. The predicted octanol–water partition coefficient (Wildman–Crippen LogP) is 5.33. The summed E-state index contributed by atoms with van der Waals surface area (Å²) in [4.78, 5) is 67.1. The largest absolute Gasteiger partial charge is 0.497 e. The number of benzene rings is 1. The molecule has 286 valence electrons. The third-order valence-electron chi connectivity index (χ3n) is 11.7. The lowest BCUT2D eigenvalue weighted by Gasteiger charge is -2.30. The van der Waals surface area contributed by atoms with Crippen molar-refractivity contribution in [1.82, 2.24) is 25.5 Å². The molecule has 5 aliphatic rings. The van der Waals surface area contributed by atoms with Gasteiger partial charge in [0.1, 0.15) is 41.3 Å². The molecule has 0 spiro atoms. The van der Waals surface area contributed by atoms with Crippen molar-refractivity contribution in [3.63, 3.8) is 0 Å². The summed E-state index contributed by atoms with van der Waals surface area (Å²) < 4.78 is 23.5. The molecule has 7 rings (SSSR count). The highest BCUT2D eigenvalue weighted by Crippen LogP contribution is 2.46. The molecule has 1 aromatic carbocycles. The molecule has 2 N–H and O–H groups in total. The van der Waals surface area contributed by atoms with Crippen molar-refractivity contribution in [3.05, 3.63) is 36.0 Å². The van der Waals surface area contributed by atoms with Crippen LogP contribution in [-0.2, 0) is 30.3 Å². The van der Waals surface area contributed by atoms with Crippen LogP contribution in [0.5, 0.6) is 11.6 Å². The normalized spacial score (nSPS) is 31.8. The van der Waals surface area contributed by atoms with E-state index in [0.29, 0.717) is 42.8 Å². The maximum absolute atomic E-state index is 14.6. The highest BCUT2D eigenvalue weighted by Gasteiger charge is 2.62. The molecule has 7 atom stereocenters. The number of alkyl carbamates (subject to hydrolysis) is 1. The Morgan fingerprint density at radius 3 is 2.66 bits per heavy atom. The second-order valence-corrected chi connectivity index (χ2v) is 15.3. The number of aromatic nitrogens is 2. The zero-order valence-electron chi connectivity index (χ0n) is 31.0. The summed E-state index contributed by atoms with van der Waals surface area (Å²) in [5.41, 5.74) is 0.876. The van der Waals surface area contributed by atoms with Crippen molar-refractivity contribution < 1.29 is 38.1 Å². The molecule has 0 radical (unpaired) electrons. The van der Waals surface area contributed by atoms with Crippen LogP contribution in [0, 0.1) is 11.8 Å². The van der Waals surface area contributed by atoms with Gasteiger partial charge in [-0.2, -0.15) is 0 Å². The third kappa shape index (κ3) is 8.23. The number of ether oxygens (including phenoxy) is 4. The van der Waals surface area contributed by atoms with Crippen LogP contribution in [0.25, 0.3) is 11.0 Å². The lowest BCUT2D eigenvalue weighted by Crippen LogP contribution is -2.56. The Balaban J connectivity index is 1.24. The zero-order chi connectivity index (χ0) is 37.0. The first kappa shape index (κ1) is 36.9. The topological polar surface area (TPSA) is 158 Å². The van der Waals surface area contributed by atoms with Crippen LogP contribution in [0.4, 0.5) is 4.79 Å². The quantitative estimate of drug-likeness (QED) is 0.313. The van der Waals surface area contributed by atoms with Gasteiger partial charge in [-0.05, 0) is 89.2 Å². The Bertz CT molecular complexity index is 1720. The molecule has 3 amide bonds. The molecular formula is C40H53N5O8. The molecule has 4 heterocycles. The van der Waals surface area contributed by atoms with Crippen LogP contribution < -0.4 is 20.1 Å². The molecule has 13 nitrogen and oxygen atoms in total. The van der Waals surface area contributed by atoms with Crippen molar-refractivity contribution in [2.75, 3.05) is 20.3 Å². The summed E-state index contributed by atoms with van der Waals surface area (Å²) in [6.07, 6.45) is 14.2. The Labute approximate surface area is 310 Å². The van der Waals surface area contributed by atoms with Crippen molar-refractivity contribution in [3.8, 4) is 11.6 Å². The van der Waals surface area contributed by atoms with E-state index in [1.54, 1.807) is 14.0 Å². The Morgan fingerprint density at radius 2 is 1.81 bits per heavy atom. The van der Waals surface area contributed by atoms with Gasteiger partial charge >= 0.3 is 12.1 Å². The number of nitrogens with zero attached hydrogens (tertiary/aromatic N) is 3. The van der Waals surface area contributed by atoms with Crippen molar-refractivity contribution in [2.45, 2.75) is 133 Å². The lowest BCUT2D eigenvalue weighted by atomic mass is 9.97. The number of carbonyl (C=O) groups is 4. The van der Waals surface area contributed by atoms with Gasteiger partial charge < -0.3 is 34.5 Å². The molecule has 1 unspecified atom stereocenters. The number of hydrogen-bond acceptors (Lipinski definition) is 10. The van der Waals surface area contributed by atoms with E-state index in [4.69, 9.17) is 28.9 Å². The average Bonchev–Trinajstić information content (AvgIpc) is 3.42. The number of aryl methyl sites for hydroxylation is 1. The Morgan fingerprint density at radius 1 is 0.981 bits per heavy atom. The molecule has 1 saturated heterocycles. The standard InChI is InChI=1S/C40H53N5O8/c1-3-51-38(48)40-23-26(40)15-9-5-4-6-10-17-31-37(47)45-24-28(22-33(45)35(46)44-40)52-36-30(41-29-20-19-27(50-2)21-32(29)42-36)16-11-7-8-13-25-14-12-18-34(25)53-39(49)43-31/h9,15,19-21,25-26,28,31,33-34H,3-8,10-14,16-18,22-24H2,1-2H3,(H,43,49)(H,44,46)/b15-9-/t25-,26?,28-,31+,33+,34-,40-/m1/s1. The van der Waals surface area contributed by atoms with Crippen LogP contribution >= 0.6 is 0 Å². The molecule has 3 fully saturated rings. The first-order valence-corrected chi connectivity index (χ1v) is 19.7. The first-order valence-electron chi connectivity index (χ1n) is 19.7. The molecule has 3 aliphatic heterocycles. The van der Waals surface area contributed by atoms with E-state index in [2.05, 4.69) is 16.7 Å². The molecule has 1 aromatic heterocycles. The minimum absolute atomic E-state index is 0.0852. The van der Waals surface area contributed by atoms with Gasteiger partial charge in [0.05, 0.1) is 31.3 Å². The summed E-state index contributed by atoms with van der Waals surface area (Å²) in [6.45, 7) is 2.01. The Hall–Kier alpha value is -4.42. The zero-order valence-corrected chi connectivity index (χ0v) is 31.0. The number of allylic oxidation sites excluding steroid dienone is 1. The molecular weight excluding hydrogens is 678 g/mol. The fraction of sp³-hybridized carbons (Fsp3) is 0.650. The number of amides is 3. The van der Waals surface area contributed by atoms with Crippen LogP contribution in [0.1, 0.15) is 103 Å². The van der Waals surface area contributed by atoms with E-state index in [0.717, 1.165) is 75.4 Å². The molecule has 2 aromatic rings. The monoisotopic (exact) mass is 731 g/mol. The van der Waals surface area contributed by atoms with Gasteiger partial charge in [0, 0.05) is 18.4 Å². The molecule has 2 saturated carbocycles. The van der Waals surface area contributed by atoms with E-state index in [1.165, 1.54) is 4.90 Å². The summed E-state index contributed by atoms with van der Waals surface area (Å²) in [5, 5.41) is 5.94. The summed E-state index contributed by atoms with van der Waals surface area (Å²) in [5.74, 6) is -0.226. The van der Waals surface area contributed by atoms with Crippen LogP contribution in [0.2, 0.25) is 0 Å². The van der Waals surface area contributed by atoms with Gasteiger partial charge in [-0.1, -0.05) is 37.8 Å². The average molecular weight is 732 g/mol. The number of esters is 1. The van der Waals surface area contributed by atoms with Crippen LogP contribution in [0.3, 0.4) is 0 Å². The number of hydrogen-bond donors (Lipinski definition) is 2. The second kappa shape index (κ2) is 16.3. The summed E-state index contributed by atoms with van der Waals surface area (Å²) in [7, 11) is 1.60. The maximum Gasteiger partial charge on any atom is 0.408 e. The van der Waals surface area contributed by atoms with Crippen molar-refractivity contribution >= 4 is 34.9 Å². The highest BCUT2D eigenvalue weighted by atomic mass is 16.6. The van der Waals surface area contributed by atoms with E-state index < -0.39 is 41.7 Å². The lowest BCUT2D eigenvalue weighted by molar-refractivity contribution is -0.150. The van der Waals surface area contributed by atoms with Gasteiger partial charge in [-0.15, -0.1) is 0 Å². The highest BCUT2D eigenvalue weighted by molar-refractivity contribution is 5.96. The number of fused-ring (bicyclic) bond motifs is 6.